The molecule has 126 valence electrons. The van der Waals surface area contributed by atoms with Crippen LogP contribution < -0.4 is 10.0 Å². The molecule has 1 heterocycles. The highest BCUT2D eigenvalue weighted by molar-refractivity contribution is 7.87. The average Bonchev–Trinajstić information content (AvgIpc) is 2.55. The van der Waals surface area contributed by atoms with Gasteiger partial charge >= 0.3 is 5.97 Å². The van der Waals surface area contributed by atoms with Crippen LogP contribution in [0.1, 0.15) is 12.0 Å². The van der Waals surface area contributed by atoms with Crippen LogP contribution in [-0.2, 0) is 31.1 Å². The number of piperazine rings is 1. The lowest BCUT2D eigenvalue weighted by molar-refractivity contribution is -0.144. The van der Waals surface area contributed by atoms with Gasteiger partial charge in [-0.05, 0) is 5.56 Å². The van der Waals surface area contributed by atoms with Gasteiger partial charge in [0.05, 0.1) is 13.5 Å². The van der Waals surface area contributed by atoms with E-state index in [0.717, 1.165) is 9.87 Å². The van der Waals surface area contributed by atoms with Crippen LogP contribution in [0.3, 0.4) is 0 Å². The number of esters is 1. The standard InChI is InChI=1S/C14H19N3O5S/c1-22-13(18)9-12-14(19)15-7-8-17(12)23(20,21)16-10-11-5-3-2-4-6-11/h2-6,12,16H,7-10H2,1H3,(H,15,19)/t12-/m1/s1. The van der Waals surface area contributed by atoms with Gasteiger partial charge in [0.2, 0.25) is 5.91 Å². The summed E-state index contributed by atoms with van der Waals surface area (Å²) < 4.78 is 32.9. The molecule has 0 spiro atoms. The topological polar surface area (TPSA) is 105 Å². The van der Waals surface area contributed by atoms with Crippen molar-refractivity contribution in [1.82, 2.24) is 14.3 Å². The van der Waals surface area contributed by atoms with Crippen molar-refractivity contribution in [2.75, 3.05) is 20.2 Å². The van der Waals surface area contributed by atoms with Crippen LogP contribution in [0.5, 0.6) is 0 Å². The molecule has 1 amide bonds. The smallest absolute Gasteiger partial charge is 0.307 e. The van der Waals surface area contributed by atoms with Gasteiger partial charge in [0.15, 0.2) is 0 Å². The molecule has 1 atom stereocenters. The number of amides is 1. The molecular formula is C14H19N3O5S. The summed E-state index contributed by atoms with van der Waals surface area (Å²) in [5, 5.41) is 2.56. The van der Waals surface area contributed by atoms with Crippen LogP contribution in [0.4, 0.5) is 0 Å². The molecule has 0 aliphatic carbocycles. The first-order chi connectivity index (χ1) is 10.9. The van der Waals surface area contributed by atoms with Crippen molar-refractivity contribution in [2.24, 2.45) is 0 Å². The molecule has 1 aromatic rings. The van der Waals surface area contributed by atoms with Crippen LogP contribution >= 0.6 is 0 Å². The zero-order valence-corrected chi connectivity index (χ0v) is 13.5. The maximum absolute atomic E-state index is 12.5. The molecule has 8 nitrogen and oxygen atoms in total. The molecule has 2 rings (SSSR count). The molecule has 0 aromatic heterocycles. The van der Waals surface area contributed by atoms with Gasteiger partial charge in [-0.3, -0.25) is 9.59 Å². The van der Waals surface area contributed by atoms with Gasteiger partial charge in [-0.1, -0.05) is 30.3 Å². The Kier molecular flexibility index (Phi) is 5.69. The minimum absolute atomic E-state index is 0.0948. The van der Waals surface area contributed by atoms with E-state index < -0.39 is 28.1 Å². The van der Waals surface area contributed by atoms with Gasteiger partial charge in [0.1, 0.15) is 6.04 Å². The van der Waals surface area contributed by atoms with Gasteiger partial charge < -0.3 is 10.1 Å². The molecule has 23 heavy (non-hydrogen) atoms. The Labute approximate surface area is 135 Å². The normalized spacial score (nSPS) is 19.2. The Morgan fingerprint density at radius 1 is 1.39 bits per heavy atom. The predicted molar refractivity (Wildman–Crippen MR) is 82.3 cm³/mol. The molecule has 0 radical (unpaired) electrons. The van der Waals surface area contributed by atoms with E-state index >= 15 is 0 Å². The molecule has 0 bridgehead atoms. The second kappa shape index (κ2) is 7.53. The third-order valence-electron chi connectivity index (χ3n) is 3.48. The lowest BCUT2D eigenvalue weighted by atomic mass is 10.1. The van der Waals surface area contributed by atoms with Crippen molar-refractivity contribution in [3.8, 4) is 0 Å². The van der Waals surface area contributed by atoms with E-state index in [1.54, 1.807) is 24.3 Å². The van der Waals surface area contributed by atoms with Crippen molar-refractivity contribution in [3.63, 3.8) is 0 Å². The monoisotopic (exact) mass is 341 g/mol. The van der Waals surface area contributed by atoms with Crippen LogP contribution in [0.15, 0.2) is 30.3 Å². The lowest BCUT2D eigenvalue weighted by Crippen LogP contribution is -2.59. The van der Waals surface area contributed by atoms with Gasteiger partial charge in [0.25, 0.3) is 10.2 Å². The summed E-state index contributed by atoms with van der Waals surface area (Å²) in [5.74, 6) is -1.15. The number of rotatable bonds is 6. The summed E-state index contributed by atoms with van der Waals surface area (Å²) in [6.45, 7) is 0.395. The maximum atomic E-state index is 12.5. The Morgan fingerprint density at radius 2 is 2.09 bits per heavy atom. The van der Waals surface area contributed by atoms with E-state index in [4.69, 9.17) is 0 Å². The number of nitrogens with zero attached hydrogens (tertiary/aromatic N) is 1. The van der Waals surface area contributed by atoms with Crippen molar-refractivity contribution < 1.29 is 22.7 Å². The van der Waals surface area contributed by atoms with E-state index in [2.05, 4.69) is 14.8 Å². The number of carbonyl (C=O) groups is 2. The molecule has 1 saturated heterocycles. The highest BCUT2D eigenvalue weighted by Gasteiger charge is 2.38. The fraction of sp³-hybridized carbons (Fsp3) is 0.429. The van der Waals surface area contributed by atoms with Gasteiger partial charge in [-0.15, -0.1) is 0 Å². The highest BCUT2D eigenvalue weighted by Crippen LogP contribution is 2.14. The Bertz CT molecular complexity index is 662. The number of hydrogen-bond acceptors (Lipinski definition) is 5. The van der Waals surface area contributed by atoms with Crippen molar-refractivity contribution in [2.45, 2.75) is 19.0 Å². The number of benzene rings is 1. The number of nitrogens with one attached hydrogen (secondary N) is 2. The van der Waals surface area contributed by atoms with Crippen molar-refractivity contribution in [1.29, 1.82) is 0 Å². The Balaban J connectivity index is 2.11. The summed E-state index contributed by atoms with van der Waals surface area (Å²) in [6, 6.07) is 7.91. The lowest BCUT2D eigenvalue weighted by Gasteiger charge is -2.33. The molecule has 0 saturated carbocycles. The summed E-state index contributed by atoms with van der Waals surface area (Å²) in [5.41, 5.74) is 0.794. The average molecular weight is 341 g/mol. The van der Waals surface area contributed by atoms with E-state index in [1.807, 2.05) is 6.07 Å². The fourth-order valence-corrected chi connectivity index (χ4v) is 3.62. The summed E-state index contributed by atoms with van der Waals surface area (Å²) in [7, 11) is -2.71. The van der Waals surface area contributed by atoms with Crippen LogP contribution in [0.25, 0.3) is 0 Å². The second-order valence-corrected chi connectivity index (χ2v) is 6.72. The Hall–Kier alpha value is -1.97. The Morgan fingerprint density at radius 3 is 2.74 bits per heavy atom. The third-order valence-corrected chi connectivity index (χ3v) is 5.04. The molecular weight excluding hydrogens is 322 g/mol. The molecule has 0 unspecified atom stereocenters. The molecule has 1 aliphatic heterocycles. The number of methoxy groups -OCH3 is 1. The van der Waals surface area contributed by atoms with E-state index in [1.165, 1.54) is 7.11 Å². The van der Waals surface area contributed by atoms with E-state index in [-0.39, 0.29) is 26.1 Å². The second-order valence-electron chi connectivity index (χ2n) is 5.01. The quantitative estimate of drug-likeness (QED) is 0.671. The van der Waals surface area contributed by atoms with Crippen LogP contribution in [-0.4, -0.2) is 50.8 Å². The number of ether oxygens (including phenoxy) is 1. The van der Waals surface area contributed by atoms with Gasteiger partial charge in [-0.2, -0.15) is 17.4 Å². The zero-order valence-electron chi connectivity index (χ0n) is 12.7. The first kappa shape index (κ1) is 17.4. The van der Waals surface area contributed by atoms with Gasteiger partial charge in [0, 0.05) is 19.6 Å². The molecule has 1 aromatic carbocycles. The number of hydrogen-bond donors (Lipinski definition) is 2. The van der Waals surface area contributed by atoms with E-state index in [9.17, 15) is 18.0 Å². The summed E-state index contributed by atoms with van der Waals surface area (Å²) in [4.78, 5) is 23.4. The fourth-order valence-electron chi connectivity index (χ4n) is 2.27. The predicted octanol–water partition coefficient (Wildman–Crippen LogP) is -0.615. The summed E-state index contributed by atoms with van der Waals surface area (Å²) in [6.07, 6.45) is -0.325. The minimum atomic E-state index is -3.90. The highest BCUT2D eigenvalue weighted by atomic mass is 32.2. The van der Waals surface area contributed by atoms with E-state index in [0.29, 0.717) is 0 Å². The van der Waals surface area contributed by atoms with Crippen molar-refractivity contribution in [3.05, 3.63) is 35.9 Å². The molecule has 1 fully saturated rings. The SMILES string of the molecule is COC(=O)C[C@@H]1C(=O)NCCN1S(=O)(=O)NCc1ccccc1. The molecule has 1 aliphatic rings. The molecule has 9 heteroatoms. The first-order valence-electron chi connectivity index (χ1n) is 7.09. The third kappa shape index (κ3) is 4.50. The molecule has 2 N–H and O–H groups in total. The zero-order chi connectivity index (χ0) is 16.9. The van der Waals surface area contributed by atoms with Crippen LogP contribution in [0.2, 0.25) is 0 Å². The van der Waals surface area contributed by atoms with Crippen LogP contribution in [0, 0.1) is 0 Å². The maximum Gasteiger partial charge on any atom is 0.307 e. The first-order valence-corrected chi connectivity index (χ1v) is 8.53. The van der Waals surface area contributed by atoms with Gasteiger partial charge in [-0.25, -0.2) is 0 Å². The van der Waals surface area contributed by atoms with Crippen molar-refractivity contribution >= 4 is 22.1 Å². The number of carbonyl (C=O) groups excluding carboxylic acids is 2. The largest absolute Gasteiger partial charge is 0.469 e. The minimum Gasteiger partial charge on any atom is -0.469 e. The summed E-state index contributed by atoms with van der Waals surface area (Å²) >= 11 is 0.